The summed E-state index contributed by atoms with van der Waals surface area (Å²) in [6.45, 7) is 11.8. The Kier molecular flexibility index (Phi) is 4.19. The lowest BCUT2D eigenvalue weighted by Gasteiger charge is -2.50. The first-order valence-corrected chi connectivity index (χ1v) is 11.6. The van der Waals surface area contributed by atoms with Crippen molar-refractivity contribution in [1.29, 1.82) is 0 Å². The standard InChI is InChI=1S/C25H37BO2/c1-23(2)15-26(28-24(23,3)4)17-7-9-18-16(14-17)6-8-20-19(18)12-13-25(5)21(20)10-11-22(25)27/h7,9,14,19-22,27H,6,8,10-13,15H2,1-5H3. The Morgan fingerprint density at radius 1 is 1.04 bits per heavy atom. The molecule has 2 saturated carbocycles. The van der Waals surface area contributed by atoms with Crippen molar-refractivity contribution < 1.29 is 9.76 Å². The van der Waals surface area contributed by atoms with Crippen molar-refractivity contribution in [1.82, 2.24) is 0 Å². The predicted octanol–water partition coefficient (Wildman–Crippen LogP) is 4.94. The van der Waals surface area contributed by atoms with Gasteiger partial charge in [-0.2, -0.15) is 0 Å². The molecule has 2 nitrogen and oxygen atoms in total. The van der Waals surface area contributed by atoms with Gasteiger partial charge in [-0.05, 0) is 104 Å². The van der Waals surface area contributed by atoms with Crippen LogP contribution in [0.25, 0.3) is 0 Å². The van der Waals surface area contributed by atoms with Gasteiger partial charge in [0.15, 0.2) is 0 Å². The highest BCUT2D eigenvalue weighted by Gasteiger charge is 2.54. The van der Waals surface area contributed by atoms with Gasteiger partial charge in [0.05, 0.1) is 11.7 Å². The van der Waals surface area contributed by atoms with Crippen molar-refractivity contribution in [3.05, 3.63) is 29.3 Å². The molecule has 0 amide bonds. The monoisotopic (exact) mass is 380 g/mol. The van der Waals surface area contributed by atoms with E-state index in [-0.39, 0.29) is 29.5 Å². The van der Waals surface area contributed by atoms with Gasteiger partial charge in [-0.1, -0.05) is 39.0 Å². The number of aliphatic hydroxyl groups excluding tert-OH is 1. The van der Waals surface area contributed by atoms with Crippen LogP contribution in [0.1, 0.15) is 83.8 Å². The Bertz CT molecular complexity index is 769. The van der Waals surface area contributed by atoms with Crippen molar-refractivity contribution in [2.75, 3.05) is 0 Å². The zero-order chi connectivity index (χ0) is 19.9. The van der Waals surface area contributed by atoms with Crippen LogP contribution in [0.2, 0.25) is 6.32 Å². The van der Waals surface area contributed by atoms with E-state index in [1.54, 1.807) is 11.1 Å². The van der Waals surface area contributed by atoms with Gasteiger partial charge in [-0.25, -0.2) is 0 Å². The maximum atomic E-state index is 10.6. The van der Waals surface area contributed by atoms with Crippen molar-refractivity contribution in [2.24, 2.45) is 22.7 Å². The molecule has 1 aromatic rings. The number of aliphatic hydroxyl groups is 1. The number of hydrogen-bond acceptors (Lipinski definition) is 2. The van der Waals surface area contributed by atoms with Gasteiger partial charge in [-0.15, -0.1) is 0 Å². The zero-order valence-corrected chi connectivity index (χ0v) is 18.4. The topological polar surface area (TPSA) is 29.5 Å². The lowest BCUT2D eigenvalue weighted by molar-refractivity contribution is -0.0226. The first-order chi connectivity index (χ1) is 13.1. The Hall–Kier alpha value is -0.795. The molecule has 1 aliphatic heterocycles. The lowest BCUT2D eigenvalue weighted by Crippen LogP contribution is -2.44. The smallest absolute Gasteiger partial charge is 0.327 e. The highest BCUT2D eigenvalue weighted by Crippen LogP contribution is 2.60. The number of hydrogen-bond donors (Lipinski definition) is 1. The number of fused-ring (bicyclic) bond motifs is 5. The summed E-state index contributed by atoms with van der Waals surface area (Å²) in [5.41, 5.74) is 4.87. The van der Waals surface area contributed by atoms with Crippen molar-refractivity contribution >= 4 is 12.4 Å². The van der Waals surface area contributed by atoms with E-state index in [9.17, 15) is 5.11 Å². The highest BCUT2D eigenvalue weighted by atomic mass is 16.5. The molecule has 5 unspecified atom stereocenters. The van der Waals surface area contributed by atoms with Gasteiger partial charge in [-0.3, -0.25) is 0 Å². The van der Waals surface area contributed by atoms with Crippen LogP contribution in [0.15, 0.2) is 18.2 Å². The quantitative estimate of drug-likeness (QED) is 0.700. The number of rotatable bonds is 1. The van der Waals surface area contributed by atoms with E-state index in [1.807, 2.05) is 0 Å². The van der Waals surface area contributed by atoms with Gasteiger partial charge in [0, 0.05) is 0 Å². The Morgan fingerprint density at radius 2 is 1.82 bits per heavy atom. The van der Waals surface area contributed by atoms with Gasteiger partial charge >= 0.3 is 6.92 Å². The van der Waals surface area contributed by atoms with Crippen LogP contribution in [0.3, 0.4) is 0 Å². The van der Waals surface area contributed by atoms with E-state index in [0.717, 1.165) is 18.7 Å². The predicted molar refractivity (Wildman–Crippen MR) is 116 cm³/mol. The summed E-state index contributed by atoms with van der Waals surface area (Å²) in [5.74, 6) is 2.20. The van der Waals surface area contributed by atoms with E-state index < -0.39 is 0 Å². The average Bonchev–Trinajstić information content (AvgIpc) is 3.06. The summed E-state index contributed by atoms with van der Waals surface area (Å²) in [7, 11) is 0. The molecule has 1 heterocycles. The first-order valence-electron chi connectivity index (χ1n) is 11.6. The molecule has 3 aliphatic carbocycles. The van der Waals surface area contributed by atoms with Crippen LogP contribution in [0, 0.1) is 22.7 Å². The van der Waals surface area contributed by atoms with Crippen molar-refractivity contribution in [2.45, 2.75) is 97.1 Å². The molecule has 0 bridgehead atoms. The lowest BCUT2D eigenvalue weighted by atomic mass is 9.52. The Balaban J connectivity index is 1.42. The Labute approximate surface area is 171 Å². The molecule has 152 valence electrons. The molecule has 0 aromatic heterocycles. The zero-order valence-electron chi connectivity index (χ0n) is 18.4. The molecule has 0 spiro atoms. The summed E-state index contributed by atoms with van der Waals surface area (Å²) in [6.07, 6.45) is 8.21. The minimum atomic E-state index is -0.0755. The molecule has 4 aliphatic rings. The average molecular weight is 380 g/mol. The third-order valence-electron chi connectivity index (χ3n) is 9.83. The van der Waals surface area contributed by atoms with E-state index in [1.165, 1.54) is 37.6 Å². The third-order valence-corrected chi connectivity index (χ3v) is 9.83. The minimum absolute atomic E-state index is 0.0736. The summed E-state index contributed by atoms with van der Waals surface area (Å²) in [4.78, 5) is 0. The molecule has 5 rings (SSSR count). The summed E-state index contributed by atoms with van der Waals surface area (Å²) in [6, 6.07) is 7.28. The van der Waals surface area contributed by atoms with Crippen LogP contribution in [0.5, 0.6) is 0 Å². The molecule has 3 fully saturated rings. The van der Waals surface area contributed by atoms with Crippen LogP contribution in [-0.4, -0.2) is 23.7 Å². The fraction of sp³-hybridized carbons (Fsp3) is 0.760. The van der Waals surface area contributed by atoms with Gasteiger partial charge in [0.1, 0.15) is 0 Å². The third kappa shape index (κ3) is 2.61. The van der Waals surface area contributed by atoms with Crippen molar-refractivity contribution in [3.8, 4) is 0 Å². The molecule has 1 aromatic carbocycles. The minimum Gasteiger partial charge on any atom is -0.426 e. The molecule has 1 N–H and O–H groups in total. The second-order valence-electron chi connectivity index (χ2n) is 11.7. The van der Waals surface area contributed by atoms with Crippen molar-refractivity contribution in [3.63, 3.8) is 0 Å². The number of aryl methyl sites for hydroxylation is 1. The maximum absolute atomic E-state index is 10.6. The summed E-state index contributed by atoms with van der Waals surface area (Å²) < 4.78 is 6.50. The Morgan fingerprint density at radius 3 is 2.54 bits per heavy atom. The van der Waals surface area contributed by atoms with Crippen LogP contribution in [-0.2, 0) is 11.1 Å². The van der Waals surface area contributed by atoms with Gasteiger partial charge in [0.25, 0.3) is 0 Å². The van der Waals surface area contributed by atoms with E-state index in [2.05, 4.69) is 52.8 Å². The molecule has 5 atom stereocenters. The highest BCUT2D eigenvalue weighted by molar-refractivity contribution is 6.68. The van der Waals surface area contributed by atoms with Crippen LogP contribution >= 0.6 is 0 Å². The van der Waals surface area contributed by atoms with E-state index >= 15 is 0 Å². The van der Waals surface area contributed by atoms with Crippen LogP contribution < -0.4 is 5.46 Å². The number of benzene rings is 1. The van der Waals surface area contributed by atoms with Gasteiger partial charge in [0.2, 0.25) is 0 Å². The fourth-order valence-corrected chi connectivity index (χ4v) is 7.23. The second kappa shape index (κ2) is 6.11. The second-order valence-corrected chi connectivity index (χ2v) is 11.7. The first kappa shape index (κ1) is 19.2. The molecule has 1 saturated heterocycles. The van der Waals surface area contributed by atoms with Gasteiger partial charge < -0.3 is 9.76 Å². The van der Waals surface area contributed by atoms with E-state index in [0.29, 0.717) is 11.8 Å². The molecule has 0 radical (unpaired) electrons. The maximum Gasteiger partial charge on any atom is 0.327 e. The fourth-order valence-electron chi connectivity index (χ4n) is 7.23. The summed E-state index contributed by atoms with van der Waals surface area (Å²) in [5, 5.41) is 10.6. The molecule has 3 heteroatoms. The SMILES string of the molecule is CC12CCC3c4ccc(B5CC(C)(C)C(C)(C)O5)cc4CCC3C1CCC2O. The van der Waals surface area contributed by atoms with Crippen LogP contribution in [0.4, 0.5) is 0 Å². The molecular weight excluding hydrogens is 343 g/mol. The molecule has 28 heavy (non-hydrogen) atoms. The summed E-state index contributed by atoms with van der Waals surface area (Å²) >= 11 is 0. The molecular formula is C25H37BO2. The normalized spacial score (nSPS) is 40.7. The largest absolute Gasteiger partial charge is 0.426 e. The van der Waals surface area contributed by atoms with E-state index in [4.69, 9.17) is 4.65 Å².